The van der Waals surface area contributed by atoms with Crippen LogP contribution in [0, 0.1) is 0 Å². The first kappa shape index (κ1) is 23.5. The number of carbonyl (C=O) groups excluding carboxylic acids is 1. The summed E-state index contributed by atoms with van der Waals surface area (Å²) in [6.45, 7) is 7.37. The van der Waals surface area contributed by atoms with E-state index in [-0.39, 0.29) is 17.8 Å². The summed E-state index contributed by atoms with van der Waals surface area (Å²) in [5.41, 5.74) is 1.74. The topological polar surface area (TPSA) is 66.5 Å². The second-order valence-electron chi connectivity index (χ2n) is 6.94. The number of ether oxygens (including phenoxy) is 1. The van der Waals surface area contributed by atoms with Crippen LogP contribution in [0.5, 0.6) is 5.75 Å². The van der Waals surface area contributed by atoms with E-state index in [4.69, 9.17) is 0 Å². The molecule has 3 rings (SSSR count). The molecule has 0 saturated carbocycles. The zero-order valence-electron chi connectivity index (χ0n) is 17.7. The molecule has 0 radical (unpaired) electrons. The molecule has 1 aliphatic heterocycles. The first-order valence-corrected chi connectivity index (χ1v) is 10.2. The first-order valence-electron chi connectivity index (χ1n) is 10.2. The van der Waals surface area contributed by atoms with Crippen LogP contribution in [0.25, 0.3) is 0 Å². The lowest BCUT2D eigenvalue weighted by molar-refractivity contribution is -0.158. The van der Waals surface area contributed by atoms with Gasteiger partial charge in [0.05, 0.1) is 0 Å². The van der Waals surface area contributed by atoms with E-state index in [9.17, 15) is 13.6 Å². The van der Waals surface area contributed by atoms with Gasteiger partial charge in [0.2, 0.25) is 0 Å². The zero-order valence-corrected chi connectivity index (χ0v) is 17.7. The molecular weight excluding hydrogens is 390 g/mol. The average Bonchev–Trinajstić information content (AvgIpc) is 2.72. The number of nitrogens with zero attached hydrogens (tertiary/aromatic N) is 2. The number of carbonyl (C=O) groups is 1. The number of benzene rings is 1. The van der Waals surface area contributed by atoms with Crippen LogP contribution in [0.2, 0.25) is 0 Å². The monoisotopic (exact) mass is 420 g/mol. The molecular formula is C22H30F2N4O2. The number of piperidine rings is 1. The molecule has 1 aliphatic rings. The second kappa shape index (κ2) is 11.4. The summed E-state index contributed by atoms with van der Waals surface area (Å²) in [6, 6.07) is 9.66. The molecule has 1 aromatic heterocycles. The molecule has 1 fully saturated rings. The number of amides is 2. The van der Waals surface area contributed by atoms with Crippen LogP contribution in [0.3, 0.4) is 0 Å². The SMILES string of the molecule is CC.CC(F)(F)Oc1ccc(NC(=O)NC2CCN(Cc3ccncc3)CC2)cc1. The molecule has 30 heavy (non-hydrogen) atoms. The lowest BCUT2D eigenvalue weighted by Crippen LogP contribution is -2.45. The summed E-state index contributed by atoms with van der Waals surface area (Å²) in [5.74, 6) is 0.0417. The number of likely N-dealkylation sites (tertiary alicyclic amines) is 1. The molecule has 1 aromatic carbocycles. The predicted octanol–water partition coefficient (Wildman–Crippen LogP) is 4.89. The van der Waals surface area contributed by atoms with E-state index in [2.05, 4.69) is 25.3 Å². The third kappa shape index (κ3) is 8.32. The Morgan fingerprint density at radius 3 is 2.30 bits per heavy atom. The van der Waals surface area contributed by atoms with Gasteiger partial charge >= 0.3 is 12.1 Å². The van der Waals surface area contributed by atoms with Gasteiger partial charge in [-0.25, -0.2) is 4.79 Å². The van der Waals surface area contributed by atoms with Crippen LogP contribution in [0.4, 0.5) is 19.3 Å². The van der Waals surface area contributed by atoms with Crippen molar-refractivity contribution in [3.05, 3.63) is 54.4 Å². The number of urea groups is 1. The smallest absolute Gasteiger partial charge is 0.394 e. The summed E-state index contributed by atoms with van der Waals surface area (Å²) in [4.78, 5) is 18.6. The maximum Gasteiger partial charge on any atom is 0.394 e. The highest BCUT2D eigenvalue weighted by atomic mass is 19.3. The Bertz CT molecular complexity index is 759. The van der Waals surface area contributed by atoms with E-state index in [1.54, 1.807) is 12.4 Å². The van der Waals surface area contributed by atoms with Gasteiger partial charge in [0, 0.05) is 50.7 Å². The highest BCUT2D eigenvalue weighted by Gasteiger charge is 2.23. The summed E-state index contributed by atoms with van der Waals surface area (Å²) < 4.78 is 30.1. The van der Waals surface area contributed by atoms with Crippen molar-refractivity contribution < 1.29 is 18.3 Å². The molecule has 8 heteroatoms. The van der Waals surface area contributed by atoms with Crippen LogP contribution in [0.1, 0.15) is 39.2 Å². The predicted molar refractivity (Wildman–Crippen MR) is 114 cm³/mol. The largest absolute Gasteiger partial charge is 0.433 e. The summed E-state index contributed by atoms with van der Waals surface area (Å²) in [6.07, 6.45) is 2.09. The number of aromatic nitrogens is 1. The number of nitrogens with one attached hydrogen (secondary N) is 2. The maximum absolute atomic E-state index is 12.8. The molecule has 2 N–H and O–H groups in total. The van der Waals surface area contributed by atoms with Gasteiger partial charge in [-0.3, -0.25) is 9.88 Å². The molecule has 1 saturated heterocycles. The van der Waals surface area contributed by atoms with Gasteiger partial charge in [0.25, 0.3) is 0 Å². The molecule has 2 amide bonds. The van der Waals surface area contributed by atoms with Crippen molar-refractivity contribution in [3.8, 4) is 5.75 Å². The molecule has 0 unspecified atom stereocenters. The van der Waals surface area contributed by atoms with Crippen molar-refractivity contribution in [1.29, 1.82) is 0 Å². The Hall–Kier alpha value is -2.74. The number of rotatable bonds is 6. The van der Waals surface area contributed by atoms with Crippen LogP contribution in [-0.2, 0) is 6.54 Å². The summed E-state index contributed by atoms with van der Waals surface area (Å²) in [7, 11) is 0. The number of hydrogen-bond acceptors (Lipinski definition) is 4. The van der Waals surface area contributed by atoms with E-state index < -0.39 is 6.11 Å². The maximum atomic E-state index is 12.8. The van der Waals surface area contributed by atoms with Crippen LogP contribution in [0.15, 0.2) is 48.8 Å². The highest BCUT2D eigenvalue weighted by Crippen LogP contribution is 2.22. The normalized spacial score (nSPS) is 15.0. The van der Waals surface area contributed by atoms with E-state index in [0.717, 1.165) is 32.5 Å². The quantitative estimate of drug-likeness (QED) is 0.699. The zero-order chi connectivity index (χ0) is 22.0. The van der Waals surface area contributed by atoms with Crippen LogP contribution in [-0.4, -0.2) is 41.2 Å². The van der Waals surface area contributed by atoms with Crippen molar-refractivity contribution in [1.82, 2.24) is 15.2 Å². The molecule has 2 heterocycles. The minimum absolute atomic E-state index is 0.0417. The number of anilines is 1. The van der Waals surface area contributed by atoms with Crippen LogP contribution < -0.4 is 15.4 Å². The van der Waals surface area contributed by atoms with Crippen molar-refractivity contribution in [2.45, 2.75) is 52.3 Å². The van der Waals surface area contributed by atoms with Crippen molar-refractivity contribution >= 4 is 11.7 Å². The lowest BCUT2D eigenvalue weighted by atomic mass is 10.0. The van der Waals surface area contributed by atoms with Gasteiger partial charge in [-0.2, -0.15) is 8.78 Å². The van der Waals surface area contributed by atoms with E-state index in [0.29, 0.717) is 12.6 Å². The van der Waals surface area contributed by atoms with Crippen LogP contribution >= 0.6 is 0 Å². The first-order chi connectivity index (χ1) is 14.4. The van der Waals surface area contributed by atoms with Gasteiger partial charge in [-0.1, -0.05) is 13.8 Å². The highest BCUT2D eigenvalue weighted by molar-refractivity contribution is 5.89. The fraction of sp³-hybridized carbons (Fsp3) is 0.455. The van der Waals surface area contributed by atoms with Gasteiger partial charge in [-0.05, 0) is 54.8 Å². The van der Waals surface area contributed by atoms with E-state index >= 15 is 0 Å². The number of hydrogen-bond donors (Lipinski definition) is 2. The number of alkyl halides is 2. The number of pyridine rings is 1. The van der Waals surface area contributed by atoms with E-state index in [1.807, 2.05) is 26.0 Å². The molecule has 6 nitrogen and oxygen atoms in total. The molecule has 0 atom stereocenters. The minimum Gasteiger partial charge on any atom is -0.433 e. The number of halogens is 2. The average molecular weight is 421 g/mol. The Morgan fingerprint density at radius 1 is 1.13 bits per heavy atom. The third-order valence-electron chi connectivity index (χ3n) is 4.49. The second-order valence-corrected chi connectivity index (χ2v) is 6.94. The fourth-order valence-corrected chi connectivity index (χ4v) is 3.15. The Morgan fingerprint density at radius 2 is 1.73 bits per heavy atom. The molecule has 0 spiro atoms. The summed E-state index contributed by atoms with van der Waals surface area (Å²) in [5, 5.41) is 5.68. The standard InChI is InChI=1S/C20H24F2N4O2.C2H6/c1-20(21,22)28-18-4-2-16(3-5-18)24-19(27)25-17-8-12-26(13-9-17)14-15-6-10-23-11-7-15;1-2/h2-7,10-11,17H,8-9,12-14H2,1H3,(H2,24,25,27);1-2H3. The van der Waals surface area contributed by atoms with Gasteiger partial charge < -0.3 is 15.4 Å². The third-order valence-corrected chi connectivity index (χ3v) is 4.49. The fourth-order valence-electron chi connectivity index (χ4n) is 3.15. The van der Waals surface area contributed by atoms with Crippen molar-refractivity contribution in [2.75, 3.05) is 18.4 Å². The Labute approximate surface area is 176 Å². The molecule has 0 aliphatic carbocycles. The molecule has 164 valence electrons. The van der Waals surface area contributed by atoms with E-state index in [1.165, 1.54) is 29.8 Å². The Kier molecular flexibility index (Phi) is 8.98. The van der Waals surface area contributed by atoms with Gasteiger partial charge in [0.1, 0.15) is 5.75 Å². The van der Waals surface area contributed by atoms with Gasteiger partial charge in [-0.15, -0.1) is 0 Å². The summed E-state index contributed by atoms with van der Waals surface area (Å²) >= 11 is 0. The lowest BCUT2D eigenvalue weighted by Gasteiger charge is -2.32. The van der Waals surface area contributed by atoms with Gasteiger partial charge in [0.15, 0.2) is 0 Å². The molecule has 0 bridgehead atoms. The van der Waals surface area contributed by atoms with Crippen molar-refractivity contribution in [2.24, 2.45) is 0 Å². The Balaban J connectivity index is 0.00000155. The van der Waals surface area contributed by atoms with Crippen molar-refractivity contribution in [3.63, 3.8) is 0 Å². The minimum atomic E-state index is -3.24. The molecule has 2 aromatic rings.